The van der Waals surface area contributed by atoms with E-state index in [9.17, 15) is 0 Å². The van der Waals surface area contributed by atoms with E-state index >= 15 is 0 Å². The molecule has 0 aliphatic heterocycles. The highest BCUT2D eigenvalue weighted by Gasteiger charge is 2.20. The van der Waals surface area contributed by atoms with Gasteiger partial charge in [0.15, 0.2) is 11.7 Å². The summed E-state index contributed by atoms with van der Waals surface area (Å²) in [5, 5.41) is 10.6. The summed E-state index contributed by atoms with van der Waals surface area (Å²) in [6.45, 7) is 6.78. The molecule has 0 fully saturated rings. The molecule has 0 aliphatic carbocycles. The SMILES string of the molecule is C#CC=C.C=NC(=N)c1ccc(N(c2ccc(-c3ncccn3)cc2)c2ccc(-c3cc(-c4ccccc4)cc4c5ccccc5n(-c5ccccc5)c34)cc2)cc1. The van der Waals surface area contributed by atoms with Gasteiger partial charge in [0.05, 0.1) is 11.0 Å². The zero-order chi connectivity index (χ0) is 39.8. The molecule has 276 valence electrons. The van der Waals surface area contributed by atoms with Crippen LogP contribution in [0.1, 0.15) is 5.56 Å². The minimum Gasteiger partial charge on any atom is -0.311 e. The van der Waals surface area contributed by atoms with Crippen LogP contribution in [-0.4, -0.2) is 27.1 Å². The van der Waals surface area contributed by atoms with Gasteiger partial charge in [-0.05, 0) is 127 Å². The average Bonchev–Trinajstić information content (AvgIpc) is 3.64. The fourth-order valence-electron chi connectivity index (χ4n) is 7.26. The Morgan fingerprint density at radius 1 is 0.621 bits per heavy atom. The van der Waals surface area contributed by atoms with Crippen LogP contribution < -0.4 is 4.90 Å². The van der Waals surface area contributed by atoms with Gasteiger partial charge in [0.2, 0.25) is 0 Å². The lowest BCUT2D eigenvalue weighted by molar-refractivity contribution is 1.17. The second-order valence-electron chi connectivity index (χ2n) is 13.4. The first-order valence-corrected chi connectivity index (χ1v) is 18.8. The molecule has 0 amide bonds. The summed E-state index contributed by atoms with van der Waals surface area (Å²) in [7, 11) is 0. The van der Waals surface area contributed by atoms with Crippen LogP contribution in [0.4, 0.5) is 17.1 Å². The maximum absolute atomic E-state index is 8.17. The van der Waals surface area contributed by atoms with Gasteiger partial charge in [0, 0.05) is 62.6 Å². The van der Waals surface area contributed by atoms with E-state index in [-0.39, 0.29) is 5.84 Å². The molecule has 58 heavy (non-hydrogen) atoms. The predicted molar refractivity (Wildman–Crippen MR) is 243 cm³/mol. The molecule has 9 aromatic rings. The predicted octanol–water partition coefficient (Wildman–Crippen LogP) is 12.9. The number of allylic oxidation sites excluding steroid dienone is 1. The number of para-hydroxylation sites is 2. The third kappa shape index (κ3) is 7.32. The van der Waals surface area contributed by atoms with E-state index in [4.69, 9.17) is 5.41 Å². The molecule has 0 radical (unpaired) electrons. The molecule has 6 nitrogen and oxygen atoms in total. The number of nitrogens with zero attached hydrogens (tertiary/aromatic N) is 5. The summed E-state index contributed by atoms with van der Waals surface area (Å²) in [5.74, 6) is 3.01. The molecule has 0 atom stereocenters. The van der Waals surface area contributed by atoms with Crippen molar-refractivity contribution in [2.75, 3.05) is 4.90 Å². The topological polar surface area (TPSA) is 70.2 Å². The first kappa shape index (κ1) is 36.8. The molecule has 0 saturated carbocycles. The molecule has 2 heterocycles. The van der Waals surface area contributed by atoms with Crippen LogP contribution in [0.2, 0.25) is 0 Å². The van der Waals surface area contributed by atoms with E-state index in [1.807, 2.05) is 42.5 Å². The van der Waals surface area contributed by atoms with Crippen LogP contribution in [0.3, 0.4) is 0 Å². The molecule has 0 saturated heterocycles. The number of aromatic nitrogens is 3. The second-order valence-corrected chi connectivity index (χ2v) is 13.4. The van der Waals surface area contributed by atoms with Gasteiger partial charge in [-0.2, -0.15) is 0 Å². The summed E-state index contributed by atoms with van der Waals surface area (Å²) in [6, 6.07) is 61.3. The molecule has 0 unspecified atom stereocenters. The quantitative estimate of drug-likeness (QED) is 0.0956. The van der Waals surface area contributed by atoms with Crippen LogP contribution in [-0.2, 0) is 0 Å². The number of aliphatic imine (C=N–C) groups is 1. The molecule has 1 N–H and O–H groups in total. The Kier molecular flexibility index (Phi) is 10.6. The van der Waals surface area contributed by atoms with Crippen molar-refractivity contribution in [2.45, 2.75) is 0 Å². The third-order valence-corrected chi connectivity index (χ3v) is 9.95. The molecule has 9 rings (SSSR count). The third-order valence-electron chi connectivity index (χ3n) is 9.95. The summed E-state index contributed by atoms with van der Waals surface area (Å²) in [6.07, 6.45) is 9.57. The standard InChI is InChI=1S/C48H34N6.C4H4/c1-50-47(49)35-19-25-40(26-20-35)53(41-27-21-36(22-28-41)48-51-29-10-30-52-48)39-23-17-34(18-24-39)43-31-37(33-11-4-2-5-12-33)32-44-42-15-8-9-16-45(42)54(46(43)44)38-13-6-3-7-14-38;1-3-4-2/h2-32,49H,1H2;1,4H,2H2. The molecule has 0 spiro atoms. The highest BCUT2D eigenvalue weighted by Crippen LogP contribution is 2.43. The Morgan fingerprint density at radius 3 is 1.78 bits per heavy atom. The van der Waals surface area contributed by atoms with E-state index in [0.29, 0.717) is 11.4 Å². The number of hydrogen-bond donors (Lipinski definition) is 1. The van der Waals surface area contributed by atoms with Crippen molar-refractivity contribution in [1.82, 2.24) is 14.5 Å². The lowest BCUT2D eigenvalue weighted by Gasteiger charge is -2.26. The van der Waals surface area contributed by atoms with Gasteiger partial charge in [-0.3, -0.25) is 5.41 Å². The van der Waals surface area contributed by atoms with Crippen LogP contribution in [0, 0.1) is 17.8 Å². The van der Waals surface area contributed by atoms with Crippen molar-refractivity contribution in [3.8, 4) is 51.7 Å². The van der Waals surface area contributed by atoms with Gasteiger partial charge in [-0.25, -0.2) is 15.0 Å². The highest BCUT2D eigenvalue weighted by atomic mass is 15.1. The number of fused-ring (bicyclic) bond motifs is 3. The van der Waals surface area contributed by atoms with Gasteiger partial charge in [-0.1, -0.05) is 91.4 Å². The number of amidine groups is 1. The van der Waals surface area contributed by atoms with Crippen LogP contribution in [0.5, 0.6) is 0 Å². The molecule has 2 aromatic heterocycles. The first-order valence-electron chi connectivity index (χ1n) is 18.8. The number of hydrogen-bond acceptors (Lipinski definition) is 4. The number of benzene rings is 7. The van der Waals surface area contributed by atoms with Gasteiger partial charge >= 0.3 is 0 Å². The second kappa shape index (κ2) is 16.7. The zero-order valence-corrected chi connectivity index (χ0v) is 31.7. The van der Waals surface area contributed by atoms with Gasteiger partial charge in [-0.15, -0.1) is 6.42 Å². The van der Waals surface area contributed by atoms with E-state index in [1.54, 1.807) is 12.4 Å². The van der Waals surface area contributed by atoms with Crippen LogP contribution in [0.25, 0.3) is 61.1 Å². The average molecular weight is 747 g/mol. The van der Waals surface area contributed by atoms with Crippen molar-refractivity contribution in [3.63, 3.8) is 0 Å². The zero-order valence-electron chi connectivity index (χ0n) is 31.7. The smallest absolute Gasteiger partial charge is 0.159 e. The van der Waals surface area contributed by atoms with Crippen molar-refractivity contribution in [3.05, 3.63) is 207 Å². The summed E-state index contributed by atoms with van der Waals surface area (Å²) in [4.78, 5) is 14.9. The fourth-order valence-corrected chi connectivity index (χ4v) is 7.26. The van der Waals surface area contributed by atoms with Crippen molar-refractivity contribution < 1.29 is 0 Å². The number of terminal acetylenes is 1. The van der Waals surface area contributed by atoms with Crippen LogP contribution in [0.15, 0.2) is 206 Å². The Morgan fingerprint density at radius 2 is 1.17 bits per heavy atom. The number of nitrogens with one attached hydrogen (secondary N) is 1. The number of rotatable bonds is 8. The summed E-state index contributed by atoms with van der Waals surface area (Å²) < 4.78 is 2.39. The van der Waals surface area contributed by atoms with E-state index in [2.05, 4.69) is 184 Å². The van der Waals surface area contributed by atoms with Crippen LogP contribution >= 0.6 is 0 Å². The Bertz CT molecular complexity index is 2910. The van der Waals surface area contributed by atoms with Crippen molar-refractivity contribution in [2.24, 2.45) is 4.99 Å². The fraction of sp³-hybridized carbons (Fsp3) is 0. The highest BCUT2D eigenvalue weighted by molar-refractivity contribution is 6.15. The summed E-state index contributed by atoms with van der Waals surface area (Å²) in [5.41, 5.74) is 12.6. The lowest BCUT2D eigenvalue weighted by Crippen LogP contribution is -2.10. The van der Waals surface area contributed by atoms with Crippen molar-refractivity contribution in [1.29, 1.82) is 5.41 Å². The minimum atomic E-state index is 0.140. The molecule has 6 heteroatoms. The van der Waals surface area contributed by atoms with E-state index in [0.717, 1.165) is 39.4 Å². The van der Waals surface area contributed by atoms with E-state index in [1.165, 1.54) is 39.0 Å². The van der Waals surface area contributed by atoms with Gasteiger partial charge in [0.1, 0.15) is 0 Å². The molecule has 0 aliphatic rings. The largest absolute Gasteiger partial charge is 0.311 e. The Hall–Kier alpha value is -8.14. The monoisotopic (exact) mass is 746 g/mol. The maximum atomic E-state index is 8.17. The van der Waals surface area contributed by atoms with Crippen molar-refractivity contribution >= 4 is 51.4 Å². The summed E-state index contributed by atoms with van der Waals surface area (Å²) >= 11 is 0. The van der Waals surface area contributed by atoms with Gasteiger partial charge in [0.25, 0.3) is 0 Å². The minimum absolute atomic E-state index is 0.140. The maximum Gasteiger partial charge on any atom is 0.159 e. The van der Waals surface area contributed by atoms with E-state index < -0.39 is 0 Å². The molecular weight excluding hydrogens is 709 g/mol. The first-order chi connectivity index (χ1) is 28.6. The Balaban J connectivity index is 0.00000112. The number of anilines is 3. The Labute approximate surface area is 338 Å². The van der Waals surface area contributed by atoms with Gasteiger partial charge < -0.3 is 9.47 Å². The lowest BCUT2D eigenvalue weighted by atomic mass is 9.95. The molecular formula is C52H38N6. The molecule has 0 bridgehead atoms. The normalized spacial score (nSPS) is 10.6. The molecule has 7 aromatic carbocycles.